The van der Waals surface area contributed by atoms with Gasteiger partial charge in [-0.05, 0) is 6.42 Å². The second-order valence-electron chi connectivity index (χ2n) is 3.62. The number of hydrogen-bond acceptors (Lipinski definition) is 0. The van der Waals surface area contributed by atoms with E-state index in [0.717, 1.165) is 12.8 Å². The zero-order valence-corrected chi connectivity index (χ0v) is 9.72. The molecule has 0 fully saturated rings. The van der Waals surface area contributed by atoms with E-state index in [9.17, 15) is 0 Å². The summed E-state index contributed by atoms with van der Waals surface area (Å²) in [5.74, 6) is 6.67. The van der Waals surface area contributed by atoms with Crippen molar-refractivity contribution < 1.29 is 0 Å². The van der Waals surface area contributed by atoms with Crippen LogP contribution in [-0.4, -0.2) is 8.80 Å². The van der Waals surface area contributed by atoms with Crippen LogP contribution in [0.5, 0.6) is 0 Å². The molecule has 0 aromatic carbocycles. The molecule has 0 heterocycles. The van der Waals surface area contributed by atoms with Crippen molar-refractivity contribution >= 4 is 8.80 Å². The second-order valence-corrected chi connectivity index (χ2v) is 6.51. The van der Waals surface area contributed by atoms with Gasteiger partial charge in [-0.25, -0.2) is 0 Å². The van der Waals surface area contributed by atoms with E-state index >= 15 is 0 Å². The monoisotopic (exact) mass is 189 g/mol. The summed E-state index contributed by atoms with van der Waals surface area (Å²) in [4.78, 5) is 0. The van der Waals surface area contributed by atoms with Gasteiger partial charge in [0.2, 0.25) is 0 Å². The molecule has 1 aliphatic carbocycles. The SMILES string of the molecule is CCC#CC1([Si](C)C)C=CC=CC1. The van der Waals surface area contributed by atoms with E-state index in [1.54, 1.807) is 0 Å². The van der Waals surface area contributed by atoms with Gasteiger partial charge < -0.3 is 0 Å². The van der Waals surface area contributed by atoms with Gasteiger partial charge in [-0.3, -0.25) is 0 Å². The van der Waals surface area contributed by atoms with Crippen molar-refractivity contribution in [2.24, 2.45) is 0 Å². The molecule has 0 N–H and O–H groups in total. The molecule has 1 aliphatic rings. The van der Waals surface area contributed by atoms with Crippen molar-refractivity contribution in [2.75, 3.05) is 0 Å². The second kappa shape index (κ2) is 4.48. The third-order valence-electron chi connectivity index (χ3n) is 2.45. The third kappa shape index (κ3) is 2.35. The van der Waals surface area contributed by atoms with Crippen LogP contribution in [0.25, 0.3) is 0 Å². The Morgan fingerprint density at radius 2 is 2.15 bits per heavy atom. The molecule has 1 atom stereocenters. The maximum absolute atomic E-state index is 3.44. The first-order chi connectivity index (χ1) is 6.21. The van der Waals surface area contributed by atoms with E-state index in [2.05, 4.69) is 56.2 Å². The lowest BCUT2D eigenvalue weighted by Gasteiger charge is -2.28. The van der Waals surface area contributed by atoms with Crippen LogP contribution >= 0.6 is 0 Å². The molecule has 0 amide bonds. The van der Waals surface area contributed by atoms with Gasteiger partial charge in [0.1, 0.15) is 0 Å². The average Bonchev–Trinajstić information content (AvgIpc) is 2.16. The maximum Gasteiger partial charge on any atom is 0.0695 e. The Hall–Kier alpha value is -0.743. The van der Waals surface area contributed by atoms with Gasteiger partial charge in [-0.15, -0.1) is 5.92 Å². The zero-order chi connectivity index (χ0) is 9.73. The van der Waals surface area contributed by atoms with Crippen LogP contribution in [0.3, 0.4) is 0 Å². The highest BCUT2D eigenvalue weighted by Gasteiger charge is 2.29. The normalized spacial score (nSPS) is 25.8. The molecule has 0 bridgehead atoms. The van der Waals surface area contributed by atoms with Crippen molar-refractivity contribution in [1.29, 1.82) is 0 Å². The molecule has 0 aliphatic heterocycles. The predicted octanol–water partition coefficient (Wildman–Crippen LogP) is 3.41. The van der Waals surface area contributed by atoms with Crippen LogP contribution in [-0.2, 0) is 0 Å². The summed E-state index contributed by atoms with van der Waals surface area (Å²) in [5.41, 5.74) is 0. The van der Waals surface area contributed by atoms with Gasteiger partial charge in [-0.1, -0.05) is 50.2 Å². The highest BCUT2D eigenvalue weighted by atomic mass is 28.3. The Morgan fingerprint density at radius 3 is 2.62 bits per heavy atom. The lowest BCUT2D eigenvalue weighted by molar-refractivity contribution is 0.850. The van der Waals surface area contributed by atoms with Crippen LogP contribution < -0.4 is 0 Å². The maximum atomic E-state index is 3.44. The molecule has 0 spiro atoms. The molecule has 1 radical (unpaired) electrons. The van der Waals surface area contributed by atoms with Crippen molar-refractivity contribution in [3.8, 4) is 11.8 Å². The molecular formula is C12H17Si. The molecule has 13 heavy (non-hydrogen) atoms. The van der Waals surface area contributed by atoms with Crippen LogP contribution in [0.15, 0.2) is 24.3 Å². The molecule has 1 unspecified atom stereocenters. The minimum atomic E-state index is -0.379. The topological polar surface area (TPSA) is 0 Å². The van der Waals surface area contributed by atoms with Crippen molar-refractivity contribution in [1.82, 2.24) is 0 Å². The average molecular weight is 189 g/mol. The minimum Gasteiger partial charge on any atom is -0.103 e. The molecule has 0 aromatic heterocycles. The summed E-state index contributed by atoms with van der Waals surface area (Å²) in [6, 6.07) is 0. The van der Waals surface area contributed by atoms with Gasteiger partial charge in [0, 0.05) is 11.5 Å². The Labute approximate surface area is 83.3 Å². The first-order valence-electron chi connectivity index (χ1n) is 4.86. The predicted molar refractivity (Wildman–Crippen MR) is 61.1 cm³/mol. The molecule has 0 nitrogen and oxygen atoms in total. The molecular weight excluding hydrogens is 172 g/mol. The largest absolute Gasteiger partial charge is 0.103 e. The summed E-state index contributed by atoms with van der Waals surface area (Å²) >= 11 is 0. The summed E-state index contributed by atoms with van der Waals surface area (Å²) in [6.45, 7) is 6.80. The van der Waals surface area contributed by atoms with E-state index in [1.807, 2.05) is 0 Å². The first kappa shape index (κ1) is 10.3. The molecule has 1 rings (SSSR count). The molecule has 0 saturated carbocycles. The lowest BCUT2D eigenvalue weighted by Crippen LogP contribution is -2.24. The van der Waals surface area contributed by atoms with Gasteiger partial charge in [0.25, 0.3) is 0 Å². The lowest BCUT2D eigenvalue weighted by atomic mass is 10.00. The molecule has 0 saturated heterocycles. The van der Waals surface area contributed by atoms with E-state index in [4.69, 9.17) is 0 Å². The van der Waals surface area contributed by atoms with Crippen molar-refractivity contribution in [2.45, 2.75) is 37.9 Å². The van der Waals surface area contributed by atoms with Crippen molar-refractivity contribution in [3.05, 3.63) is 24.3 Å². The van der Waals surface area contributed by atoms with E-state index in [-0.39, 0.29) is 13.8 Å². The van der Waals surface area contributed by atoms with Gasteiger partial charge in [-0.2, -0.15) is 0 Å². The molecule has 0 aromatic rings. The van der Waals surface area contributed by atoms with Crippen LogP contribution in [0.1, 0.15) is 19.8 Å². The van der Waals surface area contributed by atoms with Gasteiger partial charge in [0.05, 0.1) is 8.80 Å². The fourth-order valence-electron chi connectivity index (χ4n) is 1.45. The standard InChI is InChI=1S/C12H17Si/c1-4-5-9-12(13(2)3)10-7-6-8-11-12/h6-8,10H,4,11H2,1-3H3. The third-order valence-corrected chi connectivity index (χ3v) is 4.73. The van der Waals surface area contributed by atoms with Crippen molar-refractivity contribution in [3.63, 3.8) is 0 Å². The first-order valence-corrected chi connectivity index (χ1v) is 7.36. The Kier molecular flexibility index (Phi) is 3.56. The van der Waals surface area contributed by atoms with Crippen LogP contribution in [0, 0.1) is 11.8 Å². The Morgan fingerprint density at radius 1 is 1.38 bits per heavy atom. The van der Waals surface area contributed by atoms with Gasteiger partial charge in [0.15, 0.2) is 0 Å². The van der Waals surface area contributed by atoms with E-state index < -0.39 is 0 Å². The zero-order valence-electron chi connectivity index (χ0n) is 8.72. The smallest absolute Gasteiger partial charge is 0.0695 e. The van der Waals surface area contributed by atoms with Gasteiger partial charge >= 0.3 is 0 Å². The van der Waals surface area contributed by atoms with Crippen LogP contribution in [0.4, 0.5) is 0 Å². The Balaban J connectivity index is 2.88. The summed E-state index contributed by atoms with van der Waals surface area (Å²) in [5, 5.41) is 0.204. The quantitative estimate of drug-likeness (QED) is 0.438. The van der Waals surface area contributed by atoms with Crippen LogP contribution in [0.2, 0.25) is 18.1 Å². The fourth-order valence-corrected chi connectivity index (χ4v) is 2.75. The van der Waals surface area contributed by atoms with E-state index in [0.29, 0.717) is 0 Å². The minimum absolute atomic E-state index is 0.204. The highest BCUT2D eigenvalue weighted by Crippen LogP contribution is 2.38. The summed E-state index contributed by atoms with van der Waals surface area (Å²) in [7, 11) is -0.379. The molecule has 69 valence electrons. The number of allylic oxidation sites excluding steroid dienone is 4. The Bertz CT molecular complexity index is 275. The number of hydrogen-bond donors (Lipinski definition) is 0. The number of rotatable bonds is 1. The van der Waals surface area contributed by atoms with E-state index in [1.165, 1.54) is 0 Å². The molecule has 1 heteroatoms. The summed E-state index contributed by atoms with van der Waals surface area (Å²) in [6.07, 6.45) is 10.9. The highest BCUT2D eigenvalue weighted by molar-refractivity contribution is 6.61. The fraction of sp³-hybridized carbons (Fsp3) is 0.500. The summed E-state index contributed by atoms with van der Waals surface area (Å²) < 4.78 is 0.